The smallest absolute Gasteiger partial charge is 0.261 e. The lowest BCUT2D eigenvalue weighted by molar-refractivity contribution is -0.0604. The second-order valence-corrected chi connectivity index (χ2v) is 10.3. The zero-order chi connectivity index (χ0) is 25.2. The summed E-state index contributed by atoms with van der Waals surface area (Å²) in [5, 5.41) is 6.39. The predicted octanol–water partition coefficient (Wildman–Crippen LogP) is 3.53. The van der Waals surface area contributed by atoms with Crippen molar-refractivity contribution in [1.29, 1.82) is 0 Å². The van der Waals surface area contributed by atoms with Crippen molar-refractivity contribution in [1.82, 2.24) is 9.55 Å². The first-order valence-corrected chi connectivity index (χ1v) is 13.3. The molecule has 0 radical (unpaired) electrons. The van der Waals surface area contributed by atoms with Crippen molar-refractivity contribution in [2.75, 3.05) is 44.9 Å². The third-order valence-electron chi connectivity index (χ3n) is 7.20. The molecule has 2 N–H and O–H groups in total. The Morgan fingerprint density at radius 3 is 2.61 bits per heavy atom. The summed E-state index contributed by atoms with van der Waals surface area (Å²) in [5.74, 6) is 0.722. The molecule has 2 aliphatic rings. The van der Waals surface area contributed by atoms with E-state index in [4.69, 9.17) is 24.3 Å². The van der Waals surface area contributed by atoms with Gasteiger partial charge in [-0.3, -0.25) is 14.5 Å². The third-order valence-corrected chi connectivity index (χ3v) is 7.71. The van der Waals surface area contributed by atoms with E-state index >= 15 is 0 Å². The molecule has 36 heavy (non-hydrogen) atoms. The minimum absolute atomic E-state index is 0.0132. The van der Waals surface area contributed by atoms with Crippen LogP contribution in [-0.4, -0.2) is 55.7 Å². The van der Waals surface area contributed by atoms with Gasteiger partial charge in [0.05, 0.1) is 36.8 Å². The number of hydrogen-bond acceptors (Lipinski definition) is 8. The Kier molecular flexibility index (Phi) is 7.64. The number of aromatic nitrogens is 2. The highest BCUT2D eigenvalue weighted by Crippen LogP contribution is 2.30. The maximum absolute atomic E-state index is 13.7. The number of ether oxygens (including phenoxy) is 3. The SMILES string of the molecule is COCC1CN(c2ccc3c(=O)n(CCc4c(C)cc(SN)cc4C)c(C4CCO4)nc3c2)CCO1. The van der Waals surface area contributed by atoms with Crippen molar-refractivity contribution in [3.8, 4) is 0 Å². The van der Waals surface area contributed by atoms with Gasteiger partial charge in [-0.1, -0.05) is 0 Å². The molecule has 3 heterocycles. The molecule has 2 saturated heterocycles. The van der Waals surface area contributed by atoms with E-state index < -0.39 is 0 Å². The summed E-state index contributed by atoms with van der Waals surface area (Å²) >= 11 is 1.26. The number of rotatable bonds is 8. The molecule has 192 valence electrons. The second-order valence-electron chi connectivity index (χ2n) is 9.57. The van der Waals surface area contributed by atoms with E-state index in [1.807, 2.05) is 22.8 Å². The molecular formula is C27H34N4O4S. The van der Waals surface area contributed by atoms with E-state index in [0.29, 0.717) is 37.3 Å². The zero-order valence-corrected chi connectivity index (χ0v) is 22.0. The third kappa shape index (κ3) is 5.03. The first kappa shape index (κ1) is 25.2. The number of anilines is 1. The number of nitrogens with two attached hydrogens (primary N) is 1. The Morgan fingerprint density at radius 2 is 1.94 bits per heavy atom. The van der Waals surface area contributed by atoms with Crippen LogP contribution in [0, 0.1) is 13.8 Å². The van der Waals surface area contributed by atoms with Gasteiger partial charge in [0, 0.05) is 43.7 Å². The zero-order valence-electron chi connectivity index (χ0n) is 21.2. The van der Waals surface area contributed by atoms with Gasteiger partial charge in [-0.2, -0.15) is 0 Å². The fourth-order valence-electron chi connectivity index (χ4n) is 5.20. The maximum atomic E-state index is 13.7. The molecule has 0 spiro atoms. The van der Waals surface area contributed by atoms with Crippen LogP contribution in [0.1, 0.15) is 35.0 Å². The lowest BCUT2D eigenvalue weighted by Gasteiger charge is -2.34. The number of aryl methyl sites for hydroxylation is 2. The standard InChI is InChI=1S/C27H34N4O4S/c1-17-12-21(36-28)13-18(2)22(17)6-8-31-26(25-7-10-35-25)29-24-14-19(4-5-23(24)27(31)32)30-9-11-34-20(15-30)16-33-3/h4-5,12-14,20,25H,6-11,15-16,28H2,1-3H3. The Bertz CT molecular complexity index is 1280. The molecule has 2 aromatic carbocycles. The quantitative estimate of drug-likeness (QED) is 0.460. The molecule has 2 unspecified atom stereocenters. The van der Waals surface area contributed by atoms with Crippen LogP contribution in [0.25, 0.3) is 10.9 Å². The van der Waals surface area contributed by atoms with Gasteiger partial charge in [0.15, 0.2) is 0 Å². The van der Waals surface area contributed by atoms with Crippen LogP contribution in [0.3, 0.4) is 0 Å². The molecule has 0 saturated carbocycles. The summed E-state index contributed by atoms with van der Waals surface area (Å²) in [5.41, 5.74) is 5.36. The van der Waals surface area contributed by atoms with Gasteiger partial charge in [0.25, 0.3) is 5.56 Å². The topological polar surface area (TPSA) is 91.8 Å². The highest BCUT2D eigenvalue weighted by Gasteiger charge is 2.27. The highest BCUT2D eigenvalue weighted by molar-refractivity contribution is 7.97. The van der Waals surface area contributed by atoms with Crippen molar-refractivity contribution in [2.24, 2.45) is 5.14 Å². The number of morpholine rings is 1. The summed E-state index contributed by atoms with van der Waals surface area (Å²) in [7, 11) is 1.69. The van der Waals surface area contributed by atoms with E-state index in [0.717, 1.165) is 42.3 Å². The molecular weight excluding hydrogens is 476 g/mol. The summed E-state index contributed by atoms with van der Waals surface area (Å²) in [6.07, 6.45) is 1.51. The van der Waals surface area contributed by atoms with Crippen LogP contribution in [0.5, 0.6) is 0 Å². The van der Waals surface area contributed by atoms with Crippen molar-refractivity contribution in [2.45, 2.75) is 50.3 Å². The maximum Gasteiger partial charge on any atom is 0.261 e. The van der Waals surface area contributed by atoms with Gasteiger partial charge in [-0.05, 0) is 79.2 Å². The molecule has 2 atom stereocenters. The van der Waals surface area contributed by atoms with Crippen molar-refractivity contribution in [3.05, 3.63) is 63.2 Å². The number of fused-ring (bicyclic) bond motifs is 1. The summed E-state index contributed by atoms with van der Waals surface area (Å²) in [4.78, 5) is 22.0. The van der Waals surface area contributed by atoms with Gasteiger partial charge in [-0.25, -0.2) is 4.98 Å². The predicted molar refractivity (Wildman–Crippen MR) is 143 cm³/mol. The summed E-state index contributed by atoms with van der Waals surface area (Å²) in [6.45, 7) is 8.20. The van der Waals surface area contributed by atoms with Gasteiger partial charge in [0.1, 0.15) is 11.9 Å². The molecule has 0 amide bonds. The average Bonchev–Trinajstić information content (AvgIpc) is 2.84. The fraction of sp³-hybridized carbons (Fsp3) is 0.481. The number of nitrogens with zero attached hydrogens (tertiary/aromatic N) is 3. The van der Waals surface area contributed by atoms with Gasteiger partial charge in [-0.15, -0.1) is 0 Å². The first-order chi connectivity index (χ1) is 17.5. The van der Waals surface area contributed by atoms with Gasteiger partial charge < -0.3 is 19.1 Å². The lowest BCUT2D eigenvalue weighted by Crippen LogP contribution is -2.44. The largest absolute Gasteiger partial charge is 0.382 e. The Hall–Kier alpha value is -2.43. The number of benzene rings is 2. The fourth-order valence-corrected chi connectivity index (χ4v) is 5.69. The van der Waals surface area contributed by atoms with Crippen molar-refractivity contribution in [3.63, 3.8) is 0 Å². The van der Waals surface area contributed by atoms with E-state index in [9.17, 15) is 4.79 Å². The monoisotopic (exact) mass is 510 g/mol. The first-order valence-electron chi connectivity index (χ1n) is 12.5. The normalized spacial score (nSPS) is 20.1. The average molecular weight is 511 g/mol. The number of methoxy groups -OCH3 is 1. The van der Waals surface area contributed by atoms with Crippen LogP contribution < -0.4 is 15.6 Å². The molecule has 2 fully saturated rings. The van der Waals surface area contributed by atoms with Crippen molar-refractivity contribution >= 4 is 28.5 Å². The molecule has 8 nitrogen and oxygen atoms in total. The van der Waals surface area contributed by atoms with Crippen LogP contribution in [-0.2, 0) is 27.2 Å². The number of hydrogen-bond donors (Lipinski definition) is 1. The Balaban J connectivity index is 1.47. The molecule has 0 aliphatic carbocycles. The molecule has 2 aliphatic heterocycles. The summed E-state index contributed by atoms with van der Waals surface area (Å²) in [6, 6.07) is 10.2. The second kappa shape index (κ2) is 10.9. The Morgan fingerprint density at radius 1 is 1.17 bits per heavy atom. The van der Waals surface area contributed by atoms with E-state index in [1.54, 1.807) is 7.11 Å². The van der Waals surface area contributed by atoms with Gasteiger partial charge >= 0.3 is 0 Å². The van der Waals surface area contributed by atoms with Gasteiger partial charge in [0.2, 0.25) is 0 Å². The van der Waals surface area contributed by atoms with E-state index in [-0.39, 0.29) is 17.8 Å². The minimum atomic E-state index is -0.140. The van der Waals surface area contributed by atoms with Crippen LogP contribution >= 0.6 is 11.9 Å². The summed E-state index contributed by atoms with van der Waals surface area (Å²) < 4.78 is 18.7. The minimum Gasteiger partial charge on any atom is -0.382 e. The molecule has 1 aromatic heterocycles. The van der Waals surface area contributed by atoms with Crippen LogP contribution in [0.15, 0.2) is 40.0 Å². The molecule has 9 heteroatoms. The lowest BCUT2D eigenvalue weighted by atomic mass is 10.00. The highest BCUT2D eigenvalue weighted by atomic mass is 32.2. The van der Waals surface area contributed by atoms with Crippen LogP contribution in [0.4, 0.5) is 5.69 Å². The van der Waals surface area contributed by atoms with Crippen molar-refractivity contribution < 1.29 is 14.2 Å². The molecule has 3 aromatic rings. The van der Waals surface area contributed by atoms with E-state index in [2.05, 4.69) is 30.9 Å². The molecule has 5 rings (SSSR count). The van der Waals surface area contributed by atoms with Crippen LogP contribution in [0.2, 0.25) is 0 Å². The van der Waals surface area contributed by atoms with E-state index in [1.165, 1.54) is 28.6 Å². The Labute approximate surface area is 215 Å². The molecule has 0 bridgehead atoms.